The zero-order valence-electron chi connectivity index (χ0n) is 26.6. The van der Waals surface area contributed by atoms with Crippen LogP contribution in [0.25, 0.3) is 0 Å². The van der Waals surface area contributed by atoms with Crippen molar-refractivity contribution in [3.8, 4) is 24.2 Å². The number of hydrogen-bond donors (Lipinski definition) is 1. The number of ether oxygens (including phenoxy) is 4. The van der Waals surface area contributed by atoms with Crippen molar-refractivity contribution in [2.75, 3.05) is 0 Å². The zero-order chi connectivity index (χ0) is 32.4. The molecule has 0 saturated heterocycles. The lowest BCUT2D eigenvalue weighted by Crippen LogP contribution is -2.43. The van der Waals surface area contributed by atoms with E-state index in [4.69, 9.17) is 25.4 Å². The maximum absolute atomic E-state index is 13.3. The van der Waals surface area contributed by atoms with Crippen molar-refractivity contribution in [2.45, 2.75) is 125 Å². The Morgan fingerprint density at radius 3 is 1.67 bits per heavy atom. The van der Waals surface area contributed by atoms with Crippen LogP contribution in [0, 0.1) is 35.0 Å². The van der Waals surface area contributed by atoms with Gasteiger partial charge in [0.25, 0.3) is 0 Å². The van der Waals surface area contributed by atoms with E-state index in [1.807, 2.05) is 13.8 Å². The Morgan fingerprint density at radius 2 is 1.29 bits per heavy atom. The summed E-state index contributed by atoms with van der Waals surface area (Å²) in [5, 5.41) is 11.2. The van der Waals surface area contributed by atoms with Gasteiger partial charge in [-0.05, 0) is 93.2 Å². The van der Waals surface area contributed by atoms with Gasteiger partial charge < -0.3 is 24.1 Å². The van der Waals surface area contributed by atoms with Gasteiger partial charge in [0, 0.05) is 12.8 Å². The first-order valence-corrected chi connectivity index (χ1v) is 14.2. The van der Waals surface area contributed by atoms with Crippen molar-refractivity contribution in [3.63, 3.8) is 0 Å². The van der Waals surface area contributed by atoms with E-state index in [0.717, 1.165) is 5.57 Å². The summed E-state index contributed by atoms with van der Waals surface area (Å²) in [7, 11) is 0. The Bertz CT molecular complexity index is 1130. The highest BCUT2D eigenvalue weighted by molar-refractivity contribution is 6.02. The fourth-order valence-electron chi connectivity index (χ4n) is 4.38. The van der Waals surface area contributed by atoms with E-state index in [9.17, 15) is 24.3 Å². The van der Waals surface area contributed by atoms with Gasteiger partial charge in [-0.1, -0.05) is 23.5 Å². The monoisotopic (exact) mass is 586 g/mol. The number of esters is 4. The molecule has 1 N–H and O–H groups in total. The quantitative estimate of drug-likeness (QED) is 0.151. The molecule has 1 aliphatic rings. The average molecular weight is 587 g/mol. The molecule has 1 rings (SSSR count). The summed E-state index contributed by atoms with van der Waals surface area (Å²) in [6.07, 6.45) is 2.90. The molecule has 0 radical (unpaired) electrons. The molecule has 0 aliphatic heterocycles. The first-order valence-electron chi connectivity index (χ1n) is 14.2. The van der Waals surface area contributed by atoms with Gasteiger partial charge in [-0.25, -0.2) is 0 Å². The molecule has 9 nitrogen and oxygen atoms in total. The van der Waals surface area contributed by atoms with Crippen molar-refractivity contribution in [2.24, 2.45) is 10.8 Å². The molecule has 1 aliphatic carbocycles. The van der Waals surface area contributed by atoms with Crippen LogP contribution in [0.5, 0.6) is 0 Å². The van der Waals surface area contributed by atoms with E-state index in [0.29, 0.717) is 11.1 Å². The minimum atomic E-state index is -1.91. The molecule has 0 aromatic carbocycles. The normalized spacial score (nSPS) is 15.1. The molecule has 0 aromatic rings. The summed E-state index contributed by atoms with van der Waals surface area (Å²) in [6, 6.07) is 0. The molecule has 0 heterocycles. The van der Waals surface area contributed by atoms with Crippen LogP contribution >= 0.6 is 0 Å². The predicted molar refractivity (Wildman–Crippen MR) is 157 cm³/mol. The molecule has 232 valence electrons. The van der Waals surface area contributed by atoms with Crippen molar-refractivity contribution in [1.82, 2.24) is 0 Å². The lowest BCUT2D eigenvalue weighted by Gasteiger charge is -2.28. The third-order valence-corrected chi connectivity index (χ3v) is 6.16. The summed E-state index contributed by atoms with van der Waals surface area (Å²) in [5.74, 6) is 4.53. The van der Waals surface area contributed by atoms with E-state index in [-0.39, 0.29) is 25.7 Å². The van der Waals surface area contributed by atoms with E-state index in [1.165, 1.54) is 0 Å². The highest BCUT2D eigenvalue weighted by Crippen LogP contribution is 2.46. The Balaban J connectivity index is 3.60. The Morgan fingerprint density at radius 1 is 0.833 bits per heavy atom. The van der Waals surface area contributed by atoms with Crippen molar-refractivity contribution in [1.29, 1.82) is 0 Å². The van der Waals surface area contributed by atoms with Gasteiger partial charge >= 0.3 is 23.9 Å². The van der Waals surface area contributed by atoms with Gasteiger partial charge in [0.2, 0.25) is 0 Å². The second-order valence-electron chi connectivity index (χ2n) is 11.9. The fourth-order valence-corrected chi connectivity index (χ4v) is 4.38. The lowest BCUT2D eigenvalue weighted by atomic mass is 9.81. The Kier molecular flexibility index (Phi) is 13.6. The molecule has 0 bridgehead atoms. The number of carbonyl (C=O) groups excluding carboxylic acids is 4. The van der Waals surface area contributed by atoms with Crippen LogP contribution in [-0.4, -0.2) is 59.5 Å². The van der Waals surface area contributed by atoms with Crippen LogP contribution in [0.15, 0.2) is 22.8 Å². The second-order valence-corrected chi connectivity index (χ2v) is 11.9. The number of carbonyl (C=O) groups is 4. The number of aliphatic hydroxyl groups excluding tert-OH is 1. The van der Waals surface area contributed by atoms with E-state index < -0.39 is 65.2 Å². The van der Waals surface area contributed by atoms with Gasteiger partial charge in [-0.2, -0.15) is 0 Å². The van der Waals surface area contributed by atoms with E-state index >= 15 is 0 Å². The van der Waals surface area contributed by atoms with Crippen molar-refractivity contribution < 1.29 is 43.2 Å². The molecule has 0 amide bonds. The molecule has 42 heavy (non-hydrogen) atoms. The minimum Gasteiger partial charge on any atom is -0.462 e. The number of aliphatic hydroxyl groups is 1. The molecular weight excluding hydrogens is 540 g/mol. The predicted octanol–water partition coefficient (Wildman–Crippen LogP) is 4.60. The number of rotatable bonds is 12. The second kappa shape index (κ2) is 15.6. The third kappa shape index (κ3) is 9.49. The summed E-state index contributed by atoms with van der Waals surface area (Å²) >= 11 is 0. The maximum Gasteiger partial charge on any atom is 0.325 e. The van der Waals surface area contributed by atoms with Gasteiger partial charge in [-0.3, -0.25) is 19.2 Å². The highest BCUT2D eigenvalue weighted by Gasteiger charge is 2.55. The topological polar surface area (TPSA) is 125 Å². The van der Waals surface area contributed by atoms with Gasteiger partial charge in [0.15, 0.2) is 10.8 Å². The van der Waals surface area contributed by atoms with Crippen LogP contribution in [-0.2, 0) is 38.1 Å². The summed E-state index contributed by atoms with van der Waals surface area (Å²) in [5.41, 5.74) is -1.86. The summed E-state index contributed by atoms with van der Waals surface area (Å²) in [4.78, 5) is 52.9. The van der Waals surface area contributed by atoms with E-state index in [2.05, 4.69) is 17.8 Å². The number of allylic oxidation sites excluding steroid dienone is 3. The average Bonchev–Trinajstić information content (AvgIpc) is 3.21. The number of terminal acetylenes is 1. The van der Waals surface area contributed by atoms with Crippen LogP contribution in [0.3, 0.4) is 0 Å². The largest absolute Gasteiger partial charge is 0.462 e. The van der Waals surface area contributed by atoms with Crippen molar-refractivity contribution >= 4 is 23.9 Å². The number of hydrogen-bond acceptors (Lipinski definition) is 9. The summed E-state index contributed by atoms with van der Waals surface area (Å²) in [6.45, 7) is 17.0. The first-order chi connectivity index (χ1) is 19.4. The SMILES string of the molecule is C#CCC(CC#CC(O)C1=C(C=C(C)C)CC(C(=O)OC(C)C)(C(=O)OC(C)C)C1)(C(=O)OC(C)C)C(=O)OC(C)C. The highest BCUT2D eigenvalue weighted by atomic mass is 16.6. The van der Waals surface area contributed by atoms with Crippen LogP contribution in [0.2, 0.25) is 0 Å². The van der Waals surface area contributed by atoms with Crippen molar-refractivity contribution in [3.05, 3.63) is 22.8 Å². The molecule has 0 fully saturated rings. The molecule has 9 heteroatoms. The molecule has 0 saturated carbocycles. The molecule has 0 aromatic heterocycles. The molecule has 1 atom stereocenters. The molecular formula is C33H46O9. The fraction of sp³-hybridized carbons (Fsp3) is 0.636. The summed E-state index contributed by atoms with van der Waals surface area (Å²) < 4.78 is 21.6. The van der Waals surface area contributed by atoms with Gasteiger partial charge in [0.05, 0.1) is 24.4 Å². The van der Waals surface area contributed by atoms with Crippen LogP contribution in [0.4, 0.5) is 0 Å². The third-order valence-electron chi connectivity index (χ3n) is 6.16. The lowest BCUT2D eigenvalue weighted by molar-refractivity contribution is -0.178. The minimum absolute atomic E-state index is 0.0498. The zero-order valence-corrected chi connectivity index (χ0v) is 26.6. The van der Waals surface area contributed by atoms with Crippen LogP contribution < -0.4 is 0 Å². The molecule has 1 unspecified atom stereocenters. The first kappa shape index (κ1) is 36.5. The smallest absolute Gasteiger partial charge is 0.325 e. The Hall–Kier alpha value is -3.56. The van der Waals surface area contributed by atoms with E-state index in [1.54, 1.807) is 61.5 Å². The van der Waals surface area contributed by atoms with Gasteiger partial charge in [0.1, 0.15) is 6.10 Å². The molecule has 0 spiro atoms. The maximum atomic E-state index is 13.3. The Labute approximate surface area is 250 Å². The van der Waals surface area contributed by atoms with Crippen LogP contribution in [0.1, 0.15) is 94.9 Å². The standard InChI is InChI=1S/C33H46O9/c1-12-15-32(28(35)39-21(4)5,29(36)40-22(6)7)16-13-14-27(34)26-19-33(30(37)41-23(8)9,31(38)42-24(10)11)18-25(26)17-20(2)3/h1,17,21-24,27,34H,15-16,18-19H2,2-11H3. The van der Waals surface area contributed by atoms with Gasteiger partial charge in [-0.15, -0.1) is 12.3 Å².